The van der Waals surface area contributed by atoms with Gasteiger partial charge in [-0.1, -0.05) is 19.1 Å². The fourth-order valence-corrected chi connectivity index (χ4v) is 2.14. The molecule has 0 fully saturated rings. The molecule has 2 nitrogen and oxygen atoms in total. The van der Waals surface area contributed by atoms with Crippen LogP contribution in [0.2, 0.25) is 0 Å². The predicted octanol–water partition coefficient (Wildman–Crippen LogP) is 3.40. The van der Waals surface area contributed by atoms with Gasteiger partial charge in [0.25, 0.3) is 0 Å². The van der Waals surface area contributed by atoms with Crippen molar-refractivity contribution >= 4 is 17.5 Å². The standard InChI is InChI=1S/C12H16O2S/c1-4-10(13)9-7-6-8-11(14-5-2)12(9)15-3/h6-8H,4-5H2,1-3H3. The number of carbonyl (C=O) groups excluding carboxylic acids is 1. The van der Waals surface area contributed by atoms with Gasteiger partial charge in [-0.15, -0.1) is 11.8 Å². The molecule has 1 aromatic rings. The molecule has 0 N–H and O–H groups in total. The number of ether oxygens (including phenoxy) is 1. The zero-order valence-corrected chi connectivity index (χ0v) is 10.2. The van der Waals surface area contributed by atoms with E-state index in [0.29, 0.717) is 13.0 Å². The smallest absolute Gasteiger partial charge is 0.163 e. The third-order valence-corrected chi connectivity index (χ3v) is 2.93. The lowest BCUT2D eigenvalue weighted by Gasteiger charge is -2.11. The molecule has 0 atom stereocenters. The van der Waals surface area contributed by atoms with Gasteiger partial charge in [0.1, 0.15) is 5.75 Å². The molecule has 1 rings (SSSR count). The Balaban J connectivity index is 3.15. The summed E-state index contributed by atoms with van der Waals surface area (Å²) >= 11 is 1.56. The monoisotopic (exact) mass is 224 g/mol. The fourth-order valence-electron chi connectivity index (χ4n) is 1.41. The average Bonchev–Trinajstić information content (AvgIpc) is 2.28. The van der Waals surface area contributed by atoms with Gasteiger partial charge in [0.05, 0.1) is 11.5 Å². The zero-order chi connectivity index (χ0) is 11.3. The molecule has 0 unspecified atom stereocenters. The Labute approximate surface area is 95.0 Å². The highest BCUT2D eigenvalue weighted by atomic mass is 32.2. The van der Waals surface area contributed by atoms with Gasteiger partial charge in [0, 0.05) is 12.0 Å². The number of hydrogen-bond donors (Lipinski definition) is 0. The number of rotatable bonds is 5. The third-order valence-electron chi connectivity index (χ3n) is 2.10. The first-order chi connectivity index (χ1) is 7.24. The van der Waals surface area contributed by atoms with Crippen LogP contribution in [0.3, 0.4) is 0 Å². The molecular formula is C12H16O2S. The molecule has 3 heteroatoms. The molecule has 0 saturated carbocycles. The minimum absolute atomic E-state index is 0.168. The lowest BCUT2D eigenvalue weighted by Crippen LogP contribution is -2.02. The van der Waals surface area contributed by atoms with Crippen LogP contribution in [0.15, 0.2) is 23.1 Å². The molecule has 0 aliphatic carbocycles. The van der Waals surface area contributed by atoms with Crippen LogP contribution >= 0.6 is 11.8 Å². The molecule has 0 spiro atoms. The molecule has 0 radical (unpaired) electrons. The Bertz CT molecular complexity index is 347. The maximum absolute atomic E-state index is 11.7. The van der Waals surface area contributed by atoms with Crippen molar-refractivity contribution in [2.24, 2.45) is 0 Å². The largest absolute Gasteiger partial charge is 0.493 e. The first-order valence-electron chi connectivity index (χ1n) is 5.07. The van der Waals surface area contributed by atoms with Crippen molar-refractivity contribution in [3.05, 3.63) is 23.8 Å². The first kappa shape index (κ1) is 12.1. The van der Waals surface area contributed by atoms with E-state index in [9.17, 15) is 4.79 Å². The molecule has 0 aliphatic heterocycles. The van der Waals surface area contributed by atoms with E-state index < -0.39 is 0 Å². The van der Waals surface area contributed by atoms with Crippen LogP contribution in [-0.4, -0.2) is 18.6 Å². The van der Waals surface area contributed by atoms with Crippen LogP contribution in [0, 0.1) is 0 Å². The van der Waals surface area contributed by atoms with Gasteiger partial charge in [-0.05, 0) is 19.2 Å². The van der Waals surface area contributed by atoms with Crippen LogP contribution in [0.25, 0.3) is 0 Å². The lowest BCUT2D eigenvalue weighted by atomic mass is 10.1. The van der Waals surface area contributed by atoms with Gasteiger partial charge < -0.3 is 4.74 Å². The number of hydrogen-bond acceptors (Lipinski definition) is 3. The Kier molecular flexibility index (Phi) is 4.69. The van der Waals surface area contributed by atoms with E-state index >= 15 is 0 Å². The third kappa shape index (κ3) is 2.75. The van der Waals surface area contributed by atoms with E-state index in [1.807, 2.05) is 38.3 Å². The van der Waals surface area contributed by atoms with Crippen molar-refractivity contribution in [2.75, 3.05) is 12.9 Å². The maximum Gasteiger partial charge on any atom is 0.163 e. The maximum atomic E-state index is 11.7. The number of carbonyl (C=O) groups is 1. The van der Waals surface area contributed by atoms with E-state index in [1.165, 1.54) is 0 Å². The van der Waals surface area contributed by atoms with Gasteiger partial charge >= 0.3 is 0 Å². The van der Waals surface area contributed by atoms with E-state index in [-0.39, 0.29) is 5.78 Å². The zero-order valence-electron chi connectivity index (χ0n) is 9.37. The minimum atomic E-state index is 0.168. The van der Waals surface area contributed by atoms with Crippen molar-refractivity contribution in [3.8, 4) is 5.75 Å². The van der Waals surface area contributed by atoms with E-state index in [0.717, 1.165) is 16.2 Å². The molecule has 0 aliphatic rings. The van der Waals surface area contributed by atoms with Crippen molar-refractivity contribution in [1.82, 2.24) is 0 Å². The normalized spacial score (nSPS) is 10.1. The number of Topliss-reactive ketones (excluding diaryl/α,β-unsaturated/α-hetero) is 1. The van der Waals surface area contributed by atoms with Crippen LogP contribution < -0.4 is 4.74 Å². The molecule has 15 heavy (non-hydrogen) atoms. The van der Waals surface area contributed by atoms with Gasteiger partial charge in [-0.3, -0.25) is 4.79 Å². The van der Waals surface area contributed by atoms with Gasteiger partial charge in [0.15, 0.2) is 5.78 Å². The Morgan fingerprint density at radius 3 is 2.67 bits per heavy atom. The minimum Gasteiger partial charge on any atom is -0.493 e. The summed E-state index contributed by atoms with van der Waals surface area (Å²) in [5.41, 5.74) is 0.774. The van der Waals surface area contributed by atoms with E-state index in [1.54, 1.807) is 11.8 Å². The van der Waals surface area contributed by atoms with Crippen LogP contribution in [-0.2, 0) is 0 Å². The van der Waals surface area contributed by atoms with Gasteiger partial charge in [-0.25, -0.2) is 0 Å². The van der Waals surface area contributed by atoms with Crippen molar-refractivity contribution in [3.63, 3.8) is 0 Å². The van der Waals surface area contributed by atoms with Crippen molar-refractivity contribution < 1.29 is 9.53 Å². The van der Waals surface area contributed by atoms with Crippen molar-refractivity contribution in [2.45, 2.75) is 25.2 Å². The Morgan fingerprint density at radius 1 is 1.40 bits per heavy atom. The molecule has 0 aromatic heterocycles. The summed E-state index contributed by atoms with van der Waals surface area (Å²) in [6, 6.07) is 5.63. The second kappa shape index (κ2) is 5.81. The average molecular weight is 224 g/mol. The van der Waals surface area contributed by atoms with Crippen LogP contribution in [0.1, 0.15) is 30.6 Å². The molecule has 0 saturated heterocycles. The summed E-state index contributed by atoms with van der Waals surface area (Å²) in [7, 11) is 0. The quantitative estimate of drug-likeness (QED) is 0.566. The molecule has 0 amide bonds. The number of thioether (sulfide) groups is 1. The van der Waals surface area contributed by atoms with E-state index in [2.05, 4.69) is 0 Å². The molecular weight excluding hydrogens is 208 g/mol. The van der Waals surface area contributed by atoms with Crippen molar-refractivity contribution in [1.29, 1.82) is 0 Å². The fraction of sp³-hybridized carbons (Fsp3) is 0.417. The first-order valence-corrected chi connectivity index (χ1v) is 6.30. The summed E-state index contributed by atoms with van der Waals surface area (Å²) in [4.78, 5) is 12.6. The molecule has 0 bridgehead atoms. The molecule has 82 valence electrons. The Hall–Kier alpha value is -0.960. The summed E-state index contributed by atoms with van der Waals surface area (Å²) in [6.07, 6.45) is 2.49. The van der Waals surface area contributed by atoms with Crippen LogP contribution in [0.5, 0.6) is 5.75 Å². The molecule has 0 heterocycles. The topological polar surface area (TPSA) is 26.3 Å². The number of ketones is 1. The second-order valence-corrected chi connectivity index (χ2v) is 3.86. The van der Waals surface area contributed by atoms with Crippen LogP contribution in [0.4, 0.5) is 0 Å². The van der Waals surface area contributed by atoms with Gasteiger partial charge in [0.2, 0.25) is 0 Å². The molecule has 1 aromatic carbocycles. The summed E-state index contributed by atoms with van der Waals surface area (Å²) in [5, 5.41) is 0. The van der Waals surface area contributed by atoms with E-state index in [4.69, 9.17) is 4.74 Å². The van der Waals surface area contributed by atoms with Gasteiger partial charge in [-0.2, -0.15) is 0 Å². The summed E-state index contributed by atoms with van der Waals surface area (Å²) in [5.74, 6) is 0.977. The lowest BCUT2D eigenvalue weighted by molar-refractivity contribution is 0.0984. The highest BCUT2D eigenvalue weighted by molar-refractivity contribution is 7.98. The SMILES string of the molecule is CCOc1cccc(C(=O)CC)c1SC. The Morgan fingerprint density at radius 2 is 2.13 bits per heavy atom. The number of benzene rings is 1. The predicted molar refractivity (Wildman–Crippen MR) is 64.0 cm³/mol. The summed E-state index contributed by atoms with van der Waals surface area (Å²) in [6.45, 7) is 4.44. The highest BCUT2D eigenvalue weighted by Gasteiger charge is 2.13. The second-order valence-electron chi connectivity index (χ2n) is 3.05. The summed E-state index contributed by atoms with van der Waals surface area (Å²) < 4.78 is 5.49. The highest BCUT2D eigenvalue weighted by Crippen LogP contribution is 2.31.